The standard InChI is InChI=1S/C17H20BrNO2/c1-20-10-9-19-12-15-3-2-4-17(11-15)21-13-14-5-7-16(18)8-6-14/h2-8,11,19H,9-10,12-13H2,1H3. The second-order valence-corrected chi connectivity index (χ2v) is 5.65. The molecule has 0 unspecified atom stereocenters. The molecule has 0 aliphatic carbocycles. The zero-order valence-electron chi connectivity index (χ0n) is 12.1. The van der Waals surface area contributed by atoms with Gasteiger partial charge >= 0.3 is 0 Å². The fraction of sp³-hybridized carbons (Fsp3) is 0.294. The van der Waals surface area contributed by atoms with E-state index < -0.39 is 0 Å². The third kappa shape index (κ3) is 5.87. The molecule has 2 aromatic rings. The number of hydrogen-bond acceptors (Lipinski definition) is 3. The Labute approximate surface area is 134 Å². The summed E-state index contributed by atoms with van der Waals surface area (Å²) in [6, 6.07) is 16.3. The molecule has 21 heavy (non-hydrogen) atoms. The Hall–Kier alpha value is -1.36. The van der Waals surface area contributed by atoms with Gasteiger partial charge in [-0.3, -0.25) is 0 Å². The van der Waals surface area contributed by atoms with Crippen molar-refractivity contribution < 1.29 is 9.47 Å². The van der Waals surface area contributed by atoms with E-state index >= 15 is 0 Å². The molecule has 2 aromatic carbocycles. The van der Waals surface area contributed by atoms with Crippen LogP contribution in [0.25, 0.3) is 0 Å². The Balaban J connectivity index is 1.84. The Morgan fingerprint density at radius 1 is 1.05 bits per heavy atom. The highest BCUT2D eigenvalue weighted by molar-refractivity contribution is 9.10. The minimum Gasteiger partial charge on any atom is -0.489 e. The summed E-state index contributed by atoms with van der Waals surface area (Å²) < 4.78 is 11.9. The van der Waals surface area contributed by atoms with E-state index in [0.29, 0.717) is 6.61 Å². The van der Waals surface area contributed by atoms with Gasteiger partial charge in [-0.1, -0.05) is 40.2 Å². The first-order valence-corrected chi connectivity index (χ1v) is 7.73. The van der Waals surface area contributed by atoms with Crippen LogP contribution in [0, 0.1) is 0 Å². The van der Waals surface area contributed by atoms with Gasteiger partial charge in [-0.05, 0) is 35.4 Å². The second kappa shape index (κ2) is 8.82. The highest BCUT2D eigenvalue weighted by Gasteiger charge is 1.99. The molecule has 2 rings (SSSR count). The number of hydrogen-bond donors (Lipinski definition) is 1. The number of halogens is 1. The minimum absolute atomic E-state index is 0.577. The maximum Gasteiger partial charge on any atom is 0.120 e. The molecule has 0 saturated heterocycles. The largest absolute Gasteiger partial charge is 0.489 e. The van der Waals surface area contributed by atoms with Crippen molar-refractivity contribution in [3.8, 4) is 5.75 Å². The first-order valence-electron chi connectivity index (χ1n) is 6.94. The molecule has 0 aromatic heterocycles. The highest BCUT2D eigenvalue weighted by atomic mass is 79.9. The molecule has 0 heterocycles. The van der Waals surface area contributed by atoms with Crippen molar-refractivity contribution in [2.75, 3.05) is 20.3 Å². The number of ether oxygens (including phenoxy) is 2. The van der Waals surface area contributed by atoms with E-state index in [4.69, 9.17) is 9.47 Å². The molecule has 1 N–H and O–H groups in total. The zero-order valence-corrected chi connectivity index (χ0v) is 13.7. The van der Waals surface area contributed by atoms with Crippen molar-refractivity contribution >= 4 is 15.9 Å². The summed E-state index contributed by atoms with van der Waals surface area (Å²) in [5.41, 5.74) is 2.36. The topological polar surface area (TPSA) is 30.5 Å². The fourth-order valence-electron chi connectivity index (χ4n) is 1.90. The SMILES string of the molecule is COCCNCc1cccc(OCc2ccc(Br)cc2)c1. The quantitative estimate of drug-likeness (QED) is 0.736. The van der Waals surface area contributed by atoms with Gasteiger partial charge in [0, 0.05) is 24.7 Å². The van der Waals surface area contributed by atoms with Gasteiger partial charge in [0.25, 0.3) is 0 Å². The fourth-order valence-corrected chi connectivity index (χ4v) is 2.16. The molecule has 0 radical (unpaired) electrons. The molecule has 0 fully saturated rings. The second-order valence-electron chi connectivity index (χ2n) is 4.73. The van der Waals surface area contributed by atoms with E-state index in [1.807, 2.05) is 24.3 Å². The molecule has 0 spiro atoms. The van der Waals surface area contributed by atoms with Crippen molar-refractivity contribution in [2.45, 2.75) is 13.2 Å². The smallest absolute Gasteiger partial charge is 0.120 e. The van der Waals surface area contributed by atoms with Crippen molar-refractivity contribution in [3.05, 3.63) is 64.1 Å². The van der Waals surface area contributed by atoms with Crippen LogP contribution >= 0.6 is 15.9 Å². The first-order chi connectivity index (χ1) is 10.3. The van der Waals surface area contributed by atoms with Crippen LogP contribution in [0.1, 0.15) is 11.1 Å². The van der Waals surface area contributed by atoms with Crippen molar-refractivity contribution in [2.24, 2.45) is 0 Å². The molecule has 0 atom stereocenters. The van der Waals surface area contributed by atoms with E-state index in [1.165, 1.54) is 5.56 Å². The molecular formula is C17H20BrNO2. The van der Waals surface area contributed by atoms with Crippen LogP contribution in [0.15, 0.2) is 53.0 Å². The van der Waals surface area contributed by atoms with Gasteiger partial charge in [-0.25, -0.2) is 0 Å². The average molecular weight is 350 g/mol. The van der Waals surface area contributed by atoms with Crippen LogP contribution in [-0.4, -0.2) is 20.3 Å². The predicted molar refractivity (Wildman–Crippen MR) is 88.5 cm³/mol. The van der Waals surface area contributed by atoms with E-state index in [2.05, 4.69) is 45.5 Å². The summed E-state index contributed by atoms with van der Waals surface area (Å²) in [5.74, 6) is 0.893. The summed E-state index contributed by atoms with van der Waals surface area (Å²) >= 11 is 3.43. The van der Waals surface area contributed by atoms with Gasteiger partial charge in [0.15, 0.2) is 0 Å². The molecule has 3 nitrogen and oxygen atoms in total. The van der Waals surface area contributed by atoms with Crippen LogP contribution < -0.4 is 10.1 Å². The summed E-state index contributed by atoms with van der Waals surface area (Å²) in [6.45, 7) is 2.97. The van der Waals surface area contributed by atoms with E-state index in [1.54, 1.807) is 7.11 Å². The van der Waals surface area contributed by atoms with Gasteiger partial charge in [0.1, 0.15) is 12.4 Å². The molecular weight excluding hydrogens is 330 g/mol. The molecule has 0 bridgehead atoms. The van der Waals surface area contributed by atoms with Crippen LogP contribution in [0.5, 0.6) is 5.75 Å². The lowest BCUT2D eigenvalue weighted by atomic mass is 10.2. The Morgan fingerprint density at radius 3 is 2.62 bits per heavy atom. The third-order valence-corrected chi connectivity index (χ3v) is 3.56. The lowest BCUT2D eigenvalue weighted by Crippen LogP contribution is -2.18. The normalized spacial score (nSPS) is 10.6. The lowest BCUT2D eigenvalue weighted by molar-refractivity contribution is 0.199. The zero-order chi connectivity index (χ0) is 14.9. The molecule has 0 saturated carbocycles. The van der Waals surface area contributed by atoms with Gasteiger partial charge < -0.3 is 14.8 Å². The number of rotatable bonds is 8. The molecule has 0 aliphatic heterocycles. The van der Waals surface area contributed by atoms with Crippen molar-refractivity contribution in [3.63, 3.8) is 0 Å². The number of nitrogens with one attached hydrogen (secondary N) is 1. The van der Waals surface area contributed by atoms with Crippen molar-refractivity contribution in [1.82, 2.24) is 5.32 Å². The van der Waals surface area contributed by atoms with Crippen LogP contribution in [0.4, 0.5) is 0 Å². The Bertz CT molecular complexity index is 543. The average Bonchev–Trinajstić information content (AvgIpc) is 2.52. The maximum atomic E-state index is 5.83. The van der Waals surface area contributed by atoms with Gasteiger partial charge in [0.2, 0.25) is 0 Å². The Morgan fingerprint density at radius 2 is 1.86 bits per heavy atom. The van der Waals surface area contributed by atoms with E-state index in [-0.39, 0.29) is 0 Å². The molecule has 4 heteroatoms. The van der Waals surface area contributed by atoms with Crippen LogP contribution in [-0.2, 0) is 17.9 Å². The van der Waals surface area contributed by atoms with E-state index in [0.717, 1.165) is 35.5 Å². The summed E-state index contributed by atoms with van der Waals surface area (Å²) in [4.78, 5) is 0. The third-order valence-electron chi connectivity index (χ3n) is 3.03. The first kappa shape index (κ1) is 16.0. The maximum absolute atomic E-state index is 5.83. The van der Waals surface area contributed by atoms with Gasteiger partial charge in [-0.2, -0.15) is 0 Å². The molecule has 0 aliphatic rings. The highest BCUT2D eigenvalue weighted by Crippen LogP contribution is 2.16. The van der Waals surface area contributed by atoms with Crippen LogP contribution in [0.2, 0.25) is 0 Å². The summed E-state index contributed by atoms with van der Waals surface area (Å²) in [6.07, 6.45) is 0. The summed E-state index contributed by atoms with van der Waals surface area (Å²) in [5, 5.41) is 3.32. The molecule has 0 amide bonds. The van der Waals surface area contributed by atoms with E-state index in [9.17, 15) is 0 Å². The predicted octanol–water partition coefficient (Wildman–Crippen LogP) is 3.76. The van der Waals surface area contributed by atoms with Gasteiger partial charge in [-0.15, -0.1) is 0 Å². The number of benzene rings is 2. The van der Waals surface area contributed by atoms with Crippen LogP contribution in [0.3, 0.4) is 0 Å². The van der Waals surface area contributed by atoms with Crippen molar-refractivity contribution in [1.29, 1.82) is 0 Å². The molecule has 112 valence electrons. The lowest BCUT2D eigenvalue weighted by Gasteiger charge is -2.09. The summed E-state index contributed by atoms with van der Waals surface area (Å²) in [7, 11) is 1.71. The van der Waals surface area contributed by atoms with Gasteiger partial charge in [0.05, 0.1) is 6.61 Å². The minimum atomic E-state index is 0.577. The monoisotopic (exact) mass is 349 g/mol. The number of methoxy groups -OCH3 is 1. The Kier molecular flexibility index (Phi) is 6.73.